The first kappa shape index (κ1) is 27.9. The summed E-state index contributed by atoms with van der Waals surface area (Å²) in [6.45, 7) is 2.86. The molecule has 5 heteroatoms. The van der Waals surface area contributed by atoms with Gasteiger partial charge in [0, 0.05) is 6.42 Å². The largest absolute Gasteiger partial charge is 0.480 e. The number of carbonyl (C=O) groups excluding carboxylic acids is 1. The highest BCUT2D eigenvalue weighted by molar-refractivity contribution is 5.77. The molecule has 170 valence electrons. The third-order valence-corrected chi connectivity index (χ3v) is 4.62. The summed E-state index contributed by atoms with van der Waals surface area (Å²) in [5.74, 6) is -1.40. The van der Waals surface area contributed by atoms with E-state index in [-0.39, 0.29) is 12.8 Å². The lowest BCUT2D eigenvalue weighted by Gasteiger charge is -2.13. The van der Waals surface area contributed by atoms with E-state index in [1.807, 2.05) is 0 Å². The number of carboxylic acids is 1. The van der Waals surface area contributed by atoms with Crippen molar-refractivity contribution in [3.8, 4) is 0 Å². The first-order valence-corrected chi connectivity index (χ1v) is 11.4. The van der Waals surface area contributed by atoms with E-state index >= 15 is 0 Å². The molecule has 30 heavy (non-hydrogen) atoms. The van der Waals surface area contributed by atoms with Crippen LogP contribution in [0.2, 0.25) is 0 Å². The minimum absolute atomic E-state index is 0.0895. The zero-order valence-electron chi connectivity index (χ0n) is 18.7. The first-order chi connectivity index (χ1) is 14.6. The Morgan fingerprint density at radius 3 is 1.80 bits per heavy atom. The minimum Gasteiger partial charge on any atom is -0.480 e. The van der Waals surface area contributed by atoms with Gasteiger partial charge in [-0.05, 0) is 64.3 Å². The molecule has 0 aromatic heterocycles. The van der Waals surface area contributed by atoms with Crippen LogP contribution in [0.15, 0.2) is 48.6 Å². The maximum atomic E-state index is 11.1. The molecule has 1 amide bonds. The molecule has 5 nitrogen and oxygen atoms in total. The van der Waals surface area contributed by atoms with Crippen molar-refractivity contribution in [3.63, 3.8) is 0 Å². The zero-order valence-corrected chi connectivity index (χ0v) is 18.7. The fourth-order valence-electron chi connectivity index (χ4n) is 2.82. The number of rotatable bonds is 20. The summed E-state index contributed by atoms with van der Waals surface area (Å²) in [6.07, 6.45) is 28.9. The summed E-state index contributed by atoms with van der Waals surface area (Å²) >= 11 is 0. The van der Waals surface area contributed by atoms with E-state index < -0.39 is 17.9 Å². The molecule has 0 radical (unpaired) electrons. The van der Waals surface area contributed by atoms with E-state index in [1.165, 1.54) is 25.7 Å². The number of carbonyl (C=O) groups is 2. The highest BCUT2D eigenvalue weighted by Crippen LogP contribution is 2.02. The van der Waals surface area contributed by atoms with Crippen LogP contribution in [-0.4, -0.2) is 29.6 Å². The molecule has 0 rings (SSSR count). The molecule has 0 fully saturated rings. The van der Waals surface area contributed by atoms with Crippen molar-refractivity contribution < 1.29 is 14.7 Å². The van der Waals surface area contributed by atoms with E-state index in [4.69, 9.17) is 10.8 Å². The molecule has 0 aromatic carbocycles. The summed E-state index contributed by atoms with van der Waals surface area (Å²) in [7, 11) is 0. The van der Waals surface area contributed by atoms with E-state index in [2.05, 4.69) is 60.8 Å². The number of amides is 1. The Balaban J connectivity index is 3.60. The third-order valence-electron chi connectivity index (χ3n) is 4.62. The molecule has 0 spiro atoms. The van der Waals surface area contributed by atoms with Crippen molar-refractivity contribution >= 4 is 11.9 Å². The van der Waals surface area contributed by atoms with Gasteiger partial charge >= 0.3 is 5.97 Å². The Hall–Kier alpha value is -2.14. The summed E-state index contributed by atoms with van der Waals surface area (Å²) in [5.41, 5.74) is 5.07. The van der Waals surface area contributed by atoms with Crippen LogP contribution in [0.25, 0.3) is 0 Å². The summed E-state index contributed by atoms with van der Waals surface area (Å²) in [5, 5.41) is 12.1. The Labute approximate surface area is 183 Å². The summed E-state index contributed by atoms with van der Waals surface area (Å²) in [6, 6.07) is -0.700. The predicted molar refractivity (Wildman–Crippen MR) is 126 cm³/mol. The number of hydrogen-bond donors (Lipinski definition) is 3. The van der Waals surface area contributed by atoms with Crippen molar-refractivity contribution in [2.24, 2.45) is 5.73 Å². The average Bonchev–Trinajstić information content (AvgIpc) is 2.71. The van der Waals surface area contributed by atoms with Gasteiger partial charge < -0.3 is 16.2 Å². The number of carboxylic acid groups (broad SMARTS) is 1. The molecular formula is C25H42N2O3. The molecule has 0 aliphatic rings. The smallest absolute Gasteiger partial charge is 0.320 e. The normalized spacial score (nSPS) is 13.2. The Kier molecular flexibility index (Phi) is 20.0. The van der Waals surface area contributed by atoms with Gasteiger partial charge in [-0.1, -0.05) is 68.4 Å². The Bertz CT molecular complexity index is 551. The molecule has 0 saturated heterocycles. The van der Waals surface area contributed by atoms with Gasteiger partial charge in [-0.2, -0.15) is 0 Å². The SMILES string of the molecule is CCCCC/C=C\C/C=C\C/C=C\C/C=C\CCCCN[C@@H](CCC(N)=O)C(=O)O. The number of primary amides is 1. The molecule has 0 saturated carbocycles. The van der Waals surface area contributed by atoms with Crippen molar-refractivity contribution in [2.75, 3.05) is 6.54 Å². The van der Waals surface area contributed by atoms with Crippen LogP contribution in [0, 0.1) is 0 Å². The van der Waals surface area contributed by atoms with Gasteiger partial charge in [0.1, 0.15) is 6.04 Å². The second kappa shape index (κ2) is 21.6. The van der Waals surface area contributed by atoms with E-state index in [0.29, 0.717) is 6.54 Å². The van der Waals surface area contributed by atoms with Crippen LogP contribution < -0.4 is 11.1 Å². The molecule has 1 atom stereocenters. The maximum Gasteiger partial charge on any atom is 0.320 e. The van der Waals surface area contributed by atoms with Gasteiger partial charge in [0.15, 0.2) is 0 Å². The molecule has 0 aromatic rings. The van der Waals surface area contributed by atoms with Crippen molar-refractivity contribution in [2.45, 2.75) is 90.0 Å². The molecule has 0 aliphatic heterocycles. The predicted octanol–water partition coefficient (Wildman–Crippen LogP) is 5.44. The lowest BCUT2D eigenvalue weighted by molar-refractivity contribution is -0.139. The van der Waals surface area contributed by atoms with Crippen LogP contribution >= 0.6 is 0 Å². The molecule has 0 bridgehead atoms. The van der Waals surface area contributed by atoms with Crippen molar-refractivity contribution in [1.29, 1.82) is 0 Å². The lowest BCUT2D eigenvalue weighted by Crippen LogP contribution is -2.38. The summed E-state index contributed by atoms with van der Waals surface area (Å²) < 4.78 is 0. The van der Waals surface area contributed by atoms with E-state index in [9.17, 15) is 9.59 Å². The van der Waals surface area contributed by atoms with Gasteiger partial charge in [0.05, 0.1) is 0 Å². The third kappa shape index (κ3) is 20.6. The van der Waals surface area contributed by atoms with E-state index in [1.54, 1.807) is 0 Å². The number of nitrogens with one attached hydrogen (secondary N) is 1. The number of hydrogen-bond acceptors (Lipinski definition) is 3. The van der Waals surface area contributed by atoms with Crippen LogP contribution in [0.3, 0.4) is 0 Å². The van der Waals surface area contributed by atoms with Crippen LogP contribution in [0.5, 0.6) is 0 Å². The van der Waals surface area contributed by atoms with Crippen LogP contribution in [0.4, 0.5) is 0 Å². The summed E-state index contributed by atoms with van der Waals surface area (Å²) in [4.78, 5) is 21.9. The number of nitrogens with two attached hydrogens (primary N) is 1. The molecule has 0 heterocycles. The van der Waals surface area contributed by atoms with Crippen molar-refractivity contribution in [1.82, 2.24) is 5.32 Å². The zero-order chi connectivity index (χ0) is 22.3. The quantitative estimate of drug-likeness (QED) is 0.181. The first-order valence-electron chi connectivity index (χ1n) is 11.4. The number of aliphatic carboxylic acids is 1. The van der Waals surface area contributed by atoms with Gasteiger partial charge in [-0.3, -0.25) is 9.59 Å². The highest BCUT2D eigenvalue weighted by atomic mass is 16.4. The second-order valence-corrected chi connectivity index (χ2v) is 7.43. The van der Waals surface area contributed by atoms with Crippen molar-refractivity contribution in [3.05, 3.63) is 48.6 Å². The monoisotopic (exact) mass is 418 g/mol. The van der Waals surface area contributed by atoms with Gasteiger partial charge in [0.25, 0.3) is 0 Å². The van der Waals surface area contributed by atoms with E-state index in [0.717, 1.165) is 38.5 Å². The Morgan fingerprint density at radius 1 is 0.833 bits per heavy atom. The Morgan fingerprint density at radius 2 is 1.33 bits per heavy atom. The van der Waals surface area contributed by atoms with Gasteiger partial charge in [-0.15, -0.1) is 0 Å². The molecule has 4 N–H and O–H groups in total. The topological polar surface area (TPSA) is 92.4 Å². The number of unbranched alkanes of at least 4 members (excludes halogenated alkanes) is 5. The second-order valence-electron chi connectivity index (χ2n) is 7.43. The van der Waals surface area contributed by atoms with Gasteiger partial charge in [-0.25, -0.2) is 0 Å². The maximum absolute atomic E-state index is 11.1. The fraction of sp³-hybridized carbons (Fsp3) is 0.600. The standard InChI is InChI=1S/C25H42N2O3/c1-2-3-4-5-6-7-8-9-10-11-12-13-14-15-16-17-18-19-22-27-23(25(29)30)20-21-24(26)28/h6-7,9-10,12-13,15-16,23,27H,2-5,8,11,14,17-22H2,1H3,(H2,26,28)(H,29,30)/b7-6-,10-9-,13-12-,16-15-/t23-/m0/s1. The molecule has 0 aliphatic carbocycles. The number of allylic oxidation sites excluding steroid dienone is 8. The van der Waals surface area contributed by atoms with Gasteiger partial charge in [0.2, 0.25) is 5.91 Å². The molecule has 0 unspecified atom stereocenters. The fourth-order valence-corrected chi connectivity index (χ4v) is 2.82. The minimum atomic E-state index is -0.934. The van der Waals surface area contributed by atoms with Crippen LogP contribution in [-0.2, 0) is 9.59 Å². The highest BCUT2D eigenvalue weighted by Gasteiger charge is 2.16. The lowest BCUT2D eigenvalue weighted by atomic mass is 10.1. The average molecular weight is 419 g/mol. The van der Waals surface area contributed by atoms with Crippen LogP contribution in [0.1, 0.15) is 84.0 Å². The molecular weight excluding hydrogens is 376 g/mol.